The Labute approximate surface area is 257 Å². The molecule has 8 rings (SSSR count). The highest BCUT2D eigenvalue weighted by atomic mass is 32.2. The van der Waals surface area contributed by atoms with Crippen molar-refractivity contribution in [2.75, 3.05) is 15.4 Å². The number of hydrogen-bond donors (Lipinski definition) is 3. The first-order valence-corrected chi connectivity index (χ1v) is 16.8. The fourth-order valence-corrected chi connectivity index (χ4v) is 9.14. The molecule has 2 bridgehead atoms. The van der Waals surface area contributed by atoms with Crippen molar-refractivity contribution in [2.24, 2.45) is 17.8 Å². The van der Waals surface area contributed by atoms with E-state index in [9.17, 15) is 13.2 Å². The Bertz CT molecular complexity index is 1990. The maximum atomic E-state index is 13.4. The van der Waals surface area contributed by atoms with Crippen LogP contribution in [0.1, 0.15) is 52.7 Å². The van der Waals surface area contributed by atoms with Crippen LogP contribution in [0.3, 0.4) is 0 Å². The van der Waals surface area contributed by atoms with E-state index < -0.39 is 10.0 Å². The highest BCUT2D eigenvalue weighted by Crippen LogP contribution is 2.63. The number of anilines is 3. The van der Waals surface area contributed by atoms with E-state index in [2.05, 4.69) is 57.8 Å². The Kier molecular flexibility index (Phi) is 6.45. The molecular weight excluding hydrogens is 566 g/mol. The molecule has 44 heavy (non-hydrogen) atoms. The van der Waals surface area contributed by atoms with Crippen LogP contribution in [-0.2, 0) is 10.0 Å². The van der Waals surface area contributed by atoms with Crippen LogP contribution < -0.4 is 15.4 Å². The minimum absolute atomic E-state index is 0.124. The molecule has 5 aromatic rings. The van der Waals surface area contributed by atoms with Gasteiger partial charge in [-0.25, -0.2) is 8.42 Å². The second-order valence-corrected chi connectivity index (χ2v) is 14.1. The van der Waals surface area contributed by atoms with Crippen molar-refractivity contribution >= 4 is 43.8 Å². The molecule has 0 saturated heterocycles. The molecule has 6 nitrogen and oxygen atoms in total. The van der Waals surface area contributed by atoms with E-state index in [-0.39, 0.29) is 16.8 Å². The van der Waals surface area contributed by atoms with Gasteiger partial charge < -0.3 is 10.6 Å². The van der Waals surface area contributed by atoms with E-state index in [0.29, 0.717) is 40.6 Å². The zero-order valence-corrected chi connectivity index (χ0v) is 24.9. The number of benzene rings is 5. The third kappa shape index (κ3) is 4.63. The molecular formula is C37H33N3O3S. The summed E-state index contributed by atoms with van der Waals surface area (Å²) in [4.78, 5) is 13.5. The van der Waals surface area contributed by atoms with Gasteiger partial charge in [-0.2, -0.15) is 0 Å². The monoisotopic (exact) mass is 599 g/mol. The largest absolute Gasteiger partial charge is 0.378 e. The molecule has 0 spiro atoms. The van der Waals surface area contributed by atoms with Gasteiger partial charge in [-0.05, 0) is 108 Å². The van der Waals surface area contributed by atoms with Crippen molar-refractivity contribution in [2.45, 2.75) is 36.1 Å². The number of nitrogens with one attached hydrogen (secondary N) is 3. The van der Waals surface area contributed by atoms with Crippen LogP contribution in [0.2, 0.25) is 0 Å². The van der Waals surface area contributed by atoms with Crippen molar-refractivity contribution in [1.29, 1.82) is 0 Å². The first kappa shape index (κ1) is 27.0. The van der Waals surface area contributed by atoms with Gasteiger partial charge in [-0.1, -0.05) is 66.7 Å². The smallest absolute Gasteiger partial charge is 0.261 e. The summed E-state index contributed by atoms with van der Waals surface area (Å²) in [5.74, 6) is 2.13. The summed E-state index contributed by atoms with van der Waals surface area (Å²) in [5, 5.41) is 8.59. The third-order valence-electron chi connectivity index (χ3n) is 9.96. The Balaban J connectivity index is 1.01. The average molecular weight is 600 g/mol. The summed E-state index contributed by atoms with van der Waals surface area (Å²) in [6, 6.07) is 36.5. The Morgan fingerprint density at radius 1 is 0.773 bits per heavy atom. The summed E-state index contributed by atoms with van der Waals surface area (Å²) in [6.45, 7) is 0. The van der Waals surface area contributed by atoms with Gasteiger partial charge in [0.1, 0.15) is 0 Å². The van der Waals surface area contributed by atoms with Crippen LogP contribution in [0.15, 0.2) is 120 Å². The van der Waals surface area contributed by atoms with Gasteiger partial charge in [-0.15, -0.1) is 0 Å². The lowest BCUT2D eigenvalue weighted by Crippen LogP contribution is -2.35. The molecule has 2 saturated carbocycles. The molecule has 220 valence electrons. The highest BCUT2D eigenvalue weighted by Gasteiger charge is 2.53. The standard InChI is InChI=1S/C37H33N3O3S/c41-37(38-28-16-18-29(19-17-28)44(42,43)40-33-12-6-10-23-7-4-5-11-30(23)33)27-15-20-32-31(22-27)34-25-13-14-26(21-25)35(34)36(39-32)24-8-2-1-3-9-24/h1-12,15-20,22,25-26,34-36,39-40H,13-14,21H2,(H,38,41)/t25-,26-,34-,35-,36+/m0/s1. The van der Waals surface area contributed by atoms with Crippen LogP contribution in [0.5, 0.6) is 0 Å². The summed E-state index contributed by atoms with van der Waals surface area (Å²) in [7, 11) is -3.82. The molecule has 3 N–H and O–H groups in total. The lowest BCUT2D eigenvalue weighted by atomic mass is 9.68. The van der Waals surface area contributed by atoms with Gasteiger partial charge >= 0.3 is 0 Å². The zero-order valence-electron chi connectivity index (χ0n) is 24.1. The molecule has 0 unspecified atom stereocenters. The molecule has 0 aromatic heterocycles. The molecule has 2 fully saturated rings. The number of rotatable bonds is 6. The van der Waals surface area contributed by atoms with Crippen molar-refractivity contribution < 1.29 is 13.2 Å². The third-order valence-corrected chi connectivity index (χ3v) is 11.3. The average Bonchev–Trinajstić information content (AvgIpc) is 3.68. The van der Waals surface area contributed by atoms with Gasteiger partial charge in [0.25, 0.3) is 15.9 Å². The van der Waals surface area contributed by atoms with Crippen LogP contribution in [0.25, 0.3) is 10.8 Å². The van der Waals surface area contributed by atoms with E-state index in [1.807, 2.05) is 42.5 Å². The molecule has 1 amide bonds. The van der Waals surface area contributed by atoms with Gasteiger partial charge in [0.15, 0.2) is 0 Å². The van der Waals surface area contributed by atoms with Gasteiger partial charge in [0.2, 0.25) is 0 Å². The van der Waals surface area contributed by atoms with Gasteiger partial charge in [0, 0.05) is 22.3 Å². The fourth-order valence-electron chi connectivity index (χ4n) is 8.06. The quantitative estimate of drug-likeness (QED) is 0.184. The lowest BCUT2D eigenvalue weighted by Gasteiger charge is -2.43. The summed E-state index contributed by atoms with van der Waals surface area (Å²) in [5.41, 5.74) is 5.38. The lowest BCUT2D eigenvalue weighted by molar-refractivity contribution is 0.102. The second kappa shape index (κ2) is 10.5. The van der Waals surface area contributed by atoms with Crippen molar-refractivity contribution in [3.8, 4) is 0 Å². The molecule has 0 radical (unpaired) electrons. The normalized spacial score (nSPS) is 23.4. The summed E-state index contributed by atoms with van der Waals surface area (Å²) >= 11 is 0. The summed E-state index contributed by atoms with van der Waals surface area (Å²) in [6.07, 6.45) is 3.81. The predicted molar refractivity (Wildman–Crippen MR) is 175 cm³/mol. The number of fused-ring (bicyclic) bond motifs is 8. The van der Waals surface area contributed by atoms with Crippen molar-refractivity contribution in [3.05, 3.63) is 132 Å². The maximum absolute atomic E-state index is 13.4. The van der Waals surface area contributed by atoms with Crippen LogP contribution in [0.4, 0.5) is 17.1 Å². The van der Waals surface area contributed by atoms with Crippen molar-refractivity contribution in [1.82, 2.24) is 0 Å². The van der Waals surface area contributed by atoms with Crippen molar-refractivity contribution in [3.63, 3.8) is 0 Å². The SMILES string of the molecule is O=C(Nc1ccc(S(=O)(=O)Nc2cccc3ccccc23)cc1)c1ccc2c(c1)[C@@H]1[C@H]3CC[C@@H](C3)[C@@H]1[C@@H](c1ccccc1)N2. The first-order valence-electron chi connectivity index (χ1n) is 15.3. The molecule has 1 heterocycles. The molecule has 7 heteroatoms. The minimum atomic E-state index is -3.82. The number of hydrogen-bond acceptors (Lipinski definition) is 4. The molecule has 5 aromatic carbocycles. The van der Waals surface area contributed by atoms with Crippen LogP contribution in [0, 0.1) is 17.8 Å². The number of amides is 1. The summed E-state index contributed by atoms with van der Waals surface area (Å²) < 4.78 is 29.1. The number of carbonyl (C=O) groups is 1. The number of sulfonamides is 1. The van der Waals surface area contributed by atoms with Crippen LogP contribution in [-0.4, -0.2) is 14.3 Å². The zero-order chi connectivity index (χ0) is 29.8. The molecule has 3 aliphatic rings. The van der Waals surface area contributed by atoms with E-state index in [0.717, 1.165) is 16.5 Å². The maximum Gasteiger partial charge on any atom is 0.261 e. The Morgan fingerprint density at radius 3 is 2.36 bits per heavy atom. The fraction of sp³-hybridized carbons (Fsp3) is 0.216. The Morgan fingerprint density at radius 2 is 1.52 bits per heavy atom. The molecule has 5 atom stereocenters. The van der Waals surface area contributed by atoms with Gasteiger partial charge in [-0.3, -0.25) is 9.52 Å². The van der Waals surface area contributed by atoms with E-state index in [4.69, 9.17) is 0 Å². The predicted octanol–water partition coefficient (Wildman–Crippen LogP) is 8.19. The molecule has 1 aliphatic heterocycles. The molecule has 2 aliphatic carbocycles. The Hall–Kier alpha value is -4.62. The number of carbonyl (C=O) groups excluding carboxylic acids is 1. The first-order chi connectivity index (χ1) is 21.4. The van der Waals surface area contributed by atoms with Gasteiger partial charge in [0.05, 0.1) is 16.6 Å². The van der Waals surface area contributed by atoms with Crippen LogP contribution >= 0.6 is 0 Å². The van der Waals surface area contributed by atoms with E-state index >= 15 is 0 Å². The van der Waals surface area contributed by atoms with E-state index in [1.165, 1.54) is 42.5 Å². The topological polar surface area (TPSA) is 87.3 Å². The minimum Gasteiger partial charge on any atom is -0.378 e. The highest BCUT2D eigenvalue weighted by molar-refractivity contribution is 7.92. The van der Waals surface area contributed by atoms with E-state index in [1.54, 1.807) is 18.2 Å². The second-order valence-electron chi connectivity index (χ2n) is 12.4.